The molecule has 0 saturated carbocycles. The van der Waals surface area contributed by atoms with Crippen LogP contribution >= 0.6 is 0 Å². The van der Waals surface area contributed by atoms with Gasteiger partial charge in [0.15, 0.2) is 0 Å². The molecule has 5 rings (SSSR count). The first-order valence-corrected chi connectivity index (χ1v) is 11.4. The van der Waals surface area contributed by atoms with E-state index in [0.717, 1.165) is 23.4 Å². The number of para-hydroxylation sites is 1. The van der Waals surface area contributed by atoms with Crippen LogP contribution in [0.3, 0.4) is 0 Å². The molecule has 0 radical (unpaired) electrons. The maximum atomic E-state index is 13.3. The molecule has 3 aliphatic heterocycles. The van der Waals surface area contributed by atoms with Crippen molar-refractivity contribution < 1.29 is 14.3 Å². The molecule has 2 fully saturated rings. The minimum absolute atomic E-state index is 0.0454. The highest BCUT2D eigenvalue weighted by Gasteiger charge is 2.41. The number of ether oxygens (including phenoxy) is 1. The maximum absolute atomic E-state index is 13.3. The quantitative estimate of drug-likeness (QED) is 0.719. The summed E-state index contributed by atoms with van der Waals surface area (Å²) in [5, 5.41) is 0. The number of amides is 2. The van der Waals surface area contributed by atoms with Gasteiger partial charge in [0, 0.05) is 56.8 Å². The molecule has 2 aromatic rings. The van der Waals surface area contributed by atoms with Crippen LogP contribution in [0.15, 0.2) is 47.3 Å². The van der Waals surface area contributed by atoms with Gasteiger partial charge in [-0.15, -0.1) is 0 Å². The van der Waals surface area contributed by atoms with E-state index in [4.69, 9.17) is 4.74 Å². The molecule has 3 aliphatic rings. The average molecular weight is 436 g/mol. The number of benzene rings is 1. The second kappa shape index (κ2) is 8.45. The van der Waals surface area contributed by atoms with Crippen molar-refractivity contribution in [2.24, 2.45) is 11.8 Å². The molecular weight excluding hydrogens is 406 g/mol. The van der Waals surface area contributed by atoms with E-state index in [0.29, 0.717) is 45.1 Å². The largest absolute Gasteiger partial charge is 0.496 e. The molecule has 0 N–H and O–H groups in total. The zero-order valence-corrected chi connectivity index (χ0v) is 18.4. The van der Waals surface area contributed by atoms with Crippen molar-refractivity contribution in [3.8, 4) is 5.75 Å². The fraction of sp³-hybridized carbons (Fsp3) is 0.480. The number of nitrogens with zero attached hydrogens (tertiary/aromatic N) is 3. The standard InChI is InChI=1S/C25H29N3O4/c1-32-22-7-3-2-5-18(22)9-10-26-16-20(12-24(26)30)25(31)27-13-17-11-19(15-27)21-6-4-8-23(29)28(21)14-17/h2-8,17,19-20H,9-16H2,1H3. The summed E-state index contributed by atoms with van der Waals surface area (Å²) >= 11 is 0. The van der Waals surface area contributed by atoms with Crippen LogP contribution in [0.25, 0.3) is 0 Å². The average Bonchev–Trinajstić information content (AvgIpc) is 3.18. The summed E-state index contributed by atoms with van der Waals surface area (Å²) in [6.07, 6.45) is 2.00. The number of likely N-dealkylation sites (tertiary alicyclic amines) is 2. The molecular formula is C25H29N3O4. The first-order chi connectivity index (χ1) is 15.5. The summed E-state index contributed by atoms with van der Waals surface area (Å²) in [6.45, 7) is 3.04. The molecule has 0 spiro atoms. The van der Waals surface area contributed by atoms with Gasteiger partial charge in [0.1, 0.15) is 5.75 Å². The van der Waals surface area contributed by atoms with E-state index >= 15 is 0 Å². The number of carbonyl (C=O) groups is 2. The van der Waals surface area contributed by atoms with Crippen LogP contribution in [0.1, 0.15) is 30.0 Å². The van der Waals surface area contributed by atoms with E-state index in [9.17, 15) is 14.4 Å². The van der Waals surface area contributed by atoms with Crippen LogP contribution in [-0.4, -0.2) is 59.5 Å². The minimum atomic E-state index is -0.281. The maximum Gasteiger partial charge on any atom is 0.250 e. The molecule has 32 heavy (non-hydrogen) atoms. The highest BCUT2D eigenvalue weighted by Crippen LogP contribution is 2.36. The fourth-order valence-corrected chi connectivity index (χ4v) is 5.65. The van der Waals surface area contributed by atoms with E-state index in [1.54, 1.807) is 13.2 Å². The monoisotopic (exact) mass is 435 g/mol. The molecule has 7 nitrogen and oxygen atoms in total. The van der Waals surface area contributed by atoms with Crippen molar-refractivity contribution in [3.63, 3.8) is 0 Å². The number of rotatable bonds is 5. The van der Waals surface area contributed by atoms with Gasteiger partial charge >= 0.3 is 0 Å². The van der Waals surface area contributed by atoms with Gasteiger partial charge < -0.3 is 19.1 Å². The number of carbonyl (C=O) groups excluding carboxylic acids is 2. The van der Waals surface area contributed by atoms with Crippen LogP contribution in [0, 0.1) is 11.8 Å². The van der Waals surface area contributed by atoms with Crippen molar-refractivity contribution in [2.45, 2.75) is 31.7 Å². The molecule has 1 aromatic carbocycles. The third kappa shape index (κ3) is 3.80. The van der Waals surface area contributed by atoms with Crippen molar-refractivity contribution in [1.29, 1.82) is 0 Å². The zero-order valence-electron chi connectivity index (χ0n) is 18.4. The van der Waals surface area contributed by atoms with Gasteiger partial charge in [-0.25, -0.2) is 0 Å². The molecule has 3 unspecified atom stereocenters. The van der Waals surface area contributed by atoms with Gasteiger partial charge in [-0.05, 0) is 36.5 Å². The number of aromatic nitrogens is 1. The second-order valence-electron chi connectivity index (χ2n) is 9.24. The van der Waals surface area contributed by atoms with Crippen molar-refractivity contribution in [3.05, 3.63) is 64.1 Å². The Morgan fingerprint density at radius 2 is 1.88 bits per heavy atom. The number of methoxy groups -OCH3 is 1. The molecule has 1 aromatic heterocycles. The van der Waals surface area contributed by atoms with Crippen molar-refractivity contribution >= 4 is 11.8 Å². The van der Waals surface area contributed by atoms with E-state index in [1.807, 2.05) is 50.8 Å². The zero-order chi connectivity index (χ0) is 22.2. The number of hydrogen-bond acceptors (Lipinski definition) is 4. The van der Waals surface area contributed by atoms with Crippen LogP contribution in [-0.2, 0) is 22.6 Å². The third-order valence-corrected chi connectivity index (χ3v) is 7.20. The number of hydrogen-bond donors (Lipinski definition) is 0. The summed E-state index contributed by atoms with van der Waals surface area (Å²) in [4.78, 5) is 42.0. The molecule has 2 bridgehead atoms. The van der Waals surface area contributed by atoms with Crippen molar-refractivity contribution in [2.75, 3.05) is 33.3 Å². The van der Waals surface area contributed by atoms with Crippen molar-refractivity contribution in [1.82, 2.24) is 14.4 Å². The van der Waals surface area contributed by atoms with E-state index in [2.05, 4.69) is 0 Å². The SMILES string of the molecule is COc1ccccc1CCN1CC(C(=O)N2CC3CC(C2)c2cccc(=O)n2C3)CC1=O. The lowest BCUT2D eigenvalue weighted by Crippen LogP contribution is -2.50. The lowest BCUT2D eigenvalue weighted by molar-refractivity contribution is -0.138. The Hall–Kier alpha value is -3.09. The van der Waals surface area contributed by atoms with E-state index < -0.39 is 0 Å². The topological polar surface area (TPSA) is 71.8 Å². The molecule has 4 heterocycles. The summed E-state index contributed by atoms with van der Waals surface area (Å²) in [6, 6.07) is 13.3. The fourth-order valence-electron chi connectivity index (χ4n) is 5.65. The minimum Gasteiger partial charge on any atom is -0.496 e. The molecule has 2 saturated heterocycles. The molecule has 3 atom stereocenters. The summed E-state index contributed by atoms with van der Waals surface area (Å²) < 4.78 is 7.28. The Kier molecular flexibility index (Phi) is 5.49. The van der Waals surface area contributed by atoms with Crippen LogP contribution < -0.4 is 10.3 Å². The lowest BCUT2D eigenvalue weighted by Gasteiger charge is -2.43. The van der Waals surface area contributed by atoms with Gasteiger partial charge in [0.05, 0.1) is 13.0 Å². The first-order valence-electron chi connectivity index (χ1n) is 11.4. The molecule has 2 amide bonds. The van der Waals surface area contributed by atoms with Gasteiger partial charge in [0.2, 0.25) is 11.8 Å². The second-order valence-corrected chi connectivity index (χ2v) is 9.24. The van der Waals surface area contributed by atoms with Crippen LogP contribution in [0.2, 0.25) is 0 Å². The van der Waals surface area contributed by atoms with Gasteiger partial charge in [-0.2, -0.15) is 0 Å². The number of piperidine rings is 1. The lowest BCUT2D eigenvalue weighted by atomic mass is 9.82. The first kappa shape index (κ1) is 20.8. The Bertz CT molecular complexity index is 1090. The summed E-state index contributed by atoms with van der Waals surface area (Å²) in [5.41, 5.74) is 2.14. The van der Waals surface area contributed by atoms with Crippen LogP contribution in [0.4, 0.5) is 0 Å². The summed E-state index contributed by atoms with van der Waals surface area (Å²) in [5.74, 6) is 1.16. The normalized spacial score (nSPS) is 24.4. The predicted octanol–water partition coefficient (Wildman–Crippen LogP) is 1.89. The number of fused-ring (bicyclic) bond motifs is 4. The van der Waals surface area contributed by atoms with E-state index in [-0.39, 0.29) is 35.6 Å². The smallest absolute Gasteiger partial charge is 0.250 e. The van der Waals surface area contributed by atoms with Gasteiger partial charge in [0.25, 0.3) is 5.56 Å². The Morgan fingerprint density at radius 3 is 2.72 bits per heavy atom. The molecule has 168 valence electrons. The predicted molar refractivity (Wildman–Crippen MR) is 120 cm³/mol. The number of pyridine rings is 1. The highest BCUT2D eigenvalue weighted by atomic mass is 16.5. The molecule has 0 aliphatic carbocycles. The third-order valence-electron chi connectivity index (χ3n) is 7.20. The Labute approximate surface area is 187 Å². The van der Waals surface area contributed by atoms with E-state index in [1.165, 1.54) is 0 Å². The highest BCUT2D eigenvalue weighted by molar-refractivity contribution is 5.89. The Morgan fingerprint density at radius 1 is 1.03 bits per heavy atom. The van der Waals surface area contributed by atoms with Gasteiger partial charge in [-0.1, -0.05) is 24.3 Å². The Balaban J connectivity index is 1.23. The molecule has 7 heteroatoms. The summed E-state index contributed by atoms with van der Waals surface area (Å²) in [7, 11) is 1.65. The van der Waals surface area contributed by atoms with Crippen LogP contribution in [0.5, 0.6) is 5.75 Å². The van der Waals surface area contributed by atoms with Gasteiger partial charge in [-0.3, -0.25) is 14.4 Å².